The van der Waals surface area contributed by atoms with Gasteiger partial charge in [-0.25, -0.2) is 9.97 Å². The van der Waals surface area contributed by atoms with Gasteiger partial charge in [-0.05, 0) is 70.4 Å². The Balaban J connectivity index is 1.56. The zero-order valence-corrected chi connectivity index (χ0v) is 21.7. The van der Waals surface area contributed by atoms with Crippen LogP contribution in [0.4, 0.5) is 0 Å². The third kappa shape index (κ3) is 6.01. The molecule has 186 valence electrons. The van der Waals surface area contributed by atoms with E-state index in [2.05, 4.69) is 54.4 Å². The first kappa shape index (κ1) is 25.6. The van der Waals surface area contributed by atoms with Gasteiger partial charge in [-0.3, -0.25) is 4.79 Å². The molecule has 1 fully saturated rings. The molecule has 0 radical (unpaired) electrons. The molecular formula is C28H30ClN5O2. The summed E-state index contributed by atoms with van der Waals surface area (Å²) < 4.78 is 6.18. The highest BCUT2D eigenvalue weighted by molar-refractivity contribution is 6.32. The van der Waals surface area contributed by atoms with E-state index in [1.54, 1.807) is 36.7 Å². The van der Waals surface area contributed by atoms with Gasteiger partial charge >= 0.3 is 0 Å². The number of rotatable bonds is 6. The van der Waals surface area contributed by atoms with Gasteiger partial charge in [-0.2, -0.15) is 5.26 Å². The molecule has 3 aromatic rings. The first-order valence-corrected chi connectivity index (χ1v) is 12.3. The van der Waals surface area contributed by atoms with Crippen molar-refractivity contribution < 1.29 is 9.53 Å². The maximum Gasteiger partial charge on any atom is 0.251 e. The monoisotopic (exact) mass is 503 g/mol. The highest BCUT2D eigenvalue weighted by Crippen LogP contribution is 2.38. The number of ether oxygens (including phenoxy) is 1. The molecule has 1 amide bonds. The van der Waals surface area contributed by atoms with Gasteiger partial charge in [0, 0.05) is 46.2 Å². The second kappa shape index (κ2) is 10.3. The number of hydrogen-bond donors (Lipinski definition) is 2. The van der Waals surface area contributed by atoms with Crippen LogP contribution in [0, 0.1) is 11.3 Å². The van der Waals surface area contributed by atoms with Gasteiger partial charge in [0.25, 0.3) is 5.91 Å². The van der Waals surface area contributed by atoms with E-state index in [0.717, 1.165) is 29.5 Å². The topological polar surface area (TPSA) is 99.9 Å². The van der Waals surface area contributed by atoms with E-state index in [9.17, 15) is 10.1 Å². The molecule has 0 saturated carbocycles. The van der Waals surface area contributed by atoms with E-state index in [0.29, 0.717) is 22.1 Å². The average molecular weight is 504 g/mol. The van der Waals surface area contributed by atoms with Gasteiger partial charge in [0.2, 0.25) is 0 Å². The number of carbonyl (C=O) groups excluding carboxylic acids is 1. The summed E-state index contributed by atoms with van der Waals surface area (Å²) in [6.07, 6.45) is 6.68. The molecule has 1 aliphatic rings. The molecule has 0 aliphatic carbocycles. The standard InChI is InChI=1S/C28H30ClN5O2/c1-27(2)13-21(14-28(3,4)34-27)33-26(35)19-8-9-23(22(29)12-19)36-24-7-5-6-18(10-11-30)25(24)20-15-31-17-32-16-20/h5-9,12,15-17,21,34H,10,13-14H2,1-4H3,(H,33,35). The lowest BCUT2D eigenvalue weighted by atomic mass is 9.79. The Morgan fingerprint density at radius 2 is 1.83 bits per heavy atom. The van der Waals surface area contributed by atoms with E-state index in [-0.39, 0.29) is 29.4 Å². The molecule has 7 nitrogen and oxygen atoms in total. The van der Waals surface area contributed by atoms with Crippen molar-refractivity contribution in [2.24, 2.45) is 0 Å². The predicted molar refractivity (Wildman–Crippen MR) is 140 cm³/mol. The van der Waals surface area contributed by atoms with Gasteiger partial charge in [0.15, 0.2) is 0 Å². The molecule has 0 bridgehead atoms. The van der Waals surface area contributed by atoms with Crippen molar-refractivity contribution in [3.8, 4) is 28.7 Å². The van der Waals surface area contributed by atoms with E-state index in [1.165, 1.54) is 6.33 Å². The zero-order chi connectivity index (χ0) is 25.9. The van der Waals surface area contributed by atoms with Crippen molar-refractivity contribution in [1.82, 2.24) is 20.6 Å². The number of aromatic nitrogens is 2. The normalized spacial score (nSPS) is 16.7. The van der Waals surface area contributed by atoms with Crippen LogP contribution in [0.1, 0.15) is 56.5 Å². The molecule has 2 N–H and O–H groups in total. The Kier molecular flexibility index (Phi) is 7.30. The van der Waals surface area contributed by atoms with Crippen molar-refractivity contribution in [3.05, 3.63) is 71.3 Å². The first-order valence-electron chi connectivity index (χ1n) is 11.9. The lowest BCUT2D eigenvalue weighted by molar-refractivity contribution is 0.0873. The van der Waals surface area contributed by atoms with E-state index >= 15 is 0 Å². The summed E-state index contributed by atoms with van der Waals surface area (Å²) in [6.45, 7) is 8.60. The summed E-state index contributed by atoms with van der Waals surface area (Å²) in [6, 6.07) is 12.8. The van der Waals surface area contributed by atoms with Crippen molar-refractivity contribution in [2.45, 2.75) is 64.1 Å². The van der Waals surface area contributed by atoms with Crippen molar-refractivity contribution in [2.75, 3.05) is 0 Å². The Morgan fingerprint density at radius 1 is 1.14 bits per heavy atom. The number of halogens is 1. The molecule has 1 aliphatic heterocycles. The van der Waals surface area contributed by atoms with Crippen LogP contribution in [0.5, 0.6) is 11.5 Å². The minimum absolute atomic E-state index is 0.0528. The molecule has 36 heavy (non-hydrogen) atoms. The molecule has 2 aromatic carbocycles. The number of hydrogen-bond acceptors (Lipinski definition) is 6. The van der Waals surface area contributed by atoms with Crippen molar-refractivity contribution >= 4 is 17.5 Å². The number of amides is 1. The minimum Gasteiger partial charge on any atom is -0.455 e. The Morgan fingerprint density at radius 3 is 2.47 bits per heavy atom. The van der Waals surface area contributed by atoms with Crippen LogP contribution < -0.4 is 15.4 Å². The largest absolute Gasteiger partial charge is 0.455 e. The second-order valence-corrected chi connectivity index (χ2v) is 10.9. The lowest BCUT2D eigenvalue weighted by Gasteiger charge is -2.46. The molecular weight excluding hydrogens is 474 g/mol. The smallest absolute Gasteiger partial charge is 0.251 e. The van der Waals surface area contributed by atoms with Crippen LogP contribution in [-0.4, -0.2) is 33.0 Å². The van der Waals surface area contributed by atoms with Crippen molar-refractivity contribution in [1.29, 1.82) is 5.26 Å². The van der Waals surface area contributed by atoms with Crippen LogP contribution in [0.3, 0.4) is 0 Å². The summed E-state index contributed by atoms with van der Waals surface area (Å²) in [5.41, 5.74) is 2.58. The predicted octanol–water partition coefficient (Wildman–Crippen LogP) is 5.69. The third-order valence-corrected chi connectivity index (χ3v) is 6.47. The zero-order valence-electron chi connectivity index (χ0n) is 20.9. The SMILES string of the molecule is CC1(C)CC(NC(=O)c2ccc(Oc3cccc(CC#N)c3-c3cncnc3)c(Cl)c2)CC(C)(C)N1. The molecule has 4 rings (SSSR count). The van der Waals surface area contributed by atoms with E-state index in [1.807, 2.05) is 12.1 Å². The van der Waals surface area contributed by atoms with Gasteiger partial charge in [0.1, 0.15) is 17.8 Å². The van der Waals surface area contributed by atoms with Gasteiger partial charge < -0.3 is 15.4 Å². The van der Waals surface area contributed by atoms with Crippen molar-refractivity contribution in [3.63, 3.8) is 0 Å². The maximum atomic E-state index is 13.0. The van der Waals surface area contributed by atoms with Crippen LogP contribution in [-0.2, 0) is 6.42 Å². The molecule has 0 atom stereocenters. The van der Waals surface area contributed by atoms with Crippen LogP contribution in [0.25, 0.3) is 11.1 Å². The Hall–Kier alpha value is -3.47. The van der Waals surface area contributed by atoms with Gasteiger partial charge in [0.05, 0.1) is 17.5 Å². The lowest BCUT2D eigenvalue weighted by Crippen LogP contribution is -2.62. The molecule has 2 heterocycles. The number of piperidine rings is 1. The summed E-state index contributed by atoms with van der Waals surface area (Å²) >= 11 is 6.56. The quantitative estimate of drug-likeness (QED) is 0.448. The van der Waals surface area contributed by atoms with Crippen LogP contribution in [0.2, 0.25) is 5.02 Å². The second-order valence-electron chi connectivity index (χ2n) is 10.5. The van der Waals surface area contributed by atoms with E-state index in [4.69, 9.17) is 16.3 Å². The van der Waals surface area contributed by atoms with E-state index < -0.39 is 0 Å². The van der Waals surface area contributed by atoms with Crippen LogP contribution >= 0.6 is 11.6 Å². The summed E-state index contributed by atoms with van der Waals surface area (Å²) in [7, 11) is 0. The first-order chi connectivity index (χ1) is 17.1. The number of nitrogens with one attached hydrogen (secondary N) is 2. The molecule has 0 unspecified atom stereocenters. The van der Waals surface area contributed by atoms with Gasteiger partial charge in [-0.15, -0.1) is 0 Å². The highest BCUT2D eigenvalue weighted by Gasteiger charge is 2.38. The fourth-order valence-electron chi connectivity index (χ4n) is 5.19. The van der Waals surface area contributed by atoms with Gasteiger partial charge in [-0.1, -0.05) is 23.7 Å². The average Bonchev–Trinajstić information content (AvgIpc) is 2.79. The maximum absolute atomic E-state index is 13.0. The molecule has 0 spiro atoms. The summed E-state index contributed by atoms with van der Waals surface area (Å²) in [5.74, 6) is 0.764. The molecule has 8 heteroatoms. The highest BCUT2D eigenvalue weighted by atomic mass is 35.5. The number of carbonyl (C=O) groups is 1. The molecule has 1 aromatic heterocycles. The fraction of sp³-hybridized carbons (Fsp3) is 0.357. The number of benzene rings is 2. The number of nitrogens with zero attached hydrogens (tertiary/aromatic N) is 3. The third-order valence-electron chi connectivity index (χ3n) is 6.17. The van der Waals surface area contributed by atoms with Crippen LogP contribution in [0.15, 0.2) is 55.1 Å². The minimum atomic E-state index is -0.167. The summed E-state index contributed by atoms with van der Waals surface area (Å²) in [5, 5.41) is 16.4. The summed E-state index contributed by atoms with van der Waals surface area (Å²) in [4.78, 5) is 21.2. The molecule has 1 saturated heterocycles. The number of nitriles is 1. The Labute approximate surface area is 216 Å². The fourth-order valence-corrected chi connectivity index (χ4v) is 5.41. The Bertz CT molecular complexity index is 1290.